The first-order valence-electron chi connectivity index (χ1n) is 9.48. The second kappa shape index (κ2) is 8.53. The number of hydrogen-bond acceptors (Lipinski definition) is 3. The highest BCUT2D eigenvalue weighted by Gasteiger charge is 2.07. The number of aromatic nitrogens is 1. The number of hydrogen-bond donors (Lipinski definition) is 1. The van der Waals surface area contributed by atoms with Crippen LogP contribution in [0, 0.1) is 0 Å². The molecule has 2 aromatic carbocycles. The molecule has 3 aromatic rings. The summed E-state index contributed by atoms with van der Waals surface area (Å²) in [7, 11) is 0. The van der Waals surface area contributed by atoms with E-state index in [9.17, 15) is 4.79 Å². The van der Waals surface area contributed by atoms with Gasteiger partial charge in [0, 0.05) is 23.7 Å². The molecule has 4 nitrogen and oxygen atoms in total. The third kappa shape index (κ3) is 4.46. The highest BCUT2D eigenvalue weighted by Crippen LogP contribution is 2.16. The average molecular weight is 370 g/mol. The maximum atomic E-state index is 12.4. The Morgan fingerprint density at radius 2 is 1.96 bits per heavy atom. The lowest BCUT2D eigenvalue weighted by Gasteiger charge is -2.10. The van der Waals surface area contributed by atoms with Crippen molar-refractivity contribution < 1.29 is 9.53 Å². The van der Waals surface area contributed by atoms with Gasteiger partial charge in [-0.25, -0.2) is 0 Å². The molecular formula is C24H22N2O2. The summed E-state index contributed by atoms with van der Waals surface area (Å²) in [6.45, 7) is 1.06. The fourth-order valence-electron chi connectivity index (χ4n) is 3.15. The Morgan fingerprint density at radius 1 is 1.07 bits per heavy atom. The normalized spacial score (nSPS) is 13.2. The minimum atomic E-state index is -0.0953. The van der Waals surface area contributed by atoms with Crippen molar-refractivity contribution in [3.8, 4) is 5.75 Å². The van der Waals surface area contributed by atoms with Gasteiger partial charge in [0.1, 0.15) is 12.4 Å². The second-order valence-electron chi connectivity index (χ2n) is 6.78. The Hall–Kier alpha value is -3.40. The Kier molecular flexibility index (Phi) is 5.48. The van der Waals surface area contributed by atoms with Crippen LogP contribution >= 0.6 is 0 Å². The predicted octanol–water partition coefficient (Wildman–Crippen LogP) is 4.82. The number of benzene rings is 2. The van der Waals surface area contributed by atoms with Gasteiger partial charge >= 0.3 is 0 Å². The van der Waals surface area contributed by atoms with Crippen LogP contribution in [0.3, 0.4) is 0 Å². The van der Waals surface area contributed by atoms with Gasteiger partial charge < -0.3 is 10.1 Å². The third-order valence-corrected chi connectivity index (χ3v) is 4.72. The van der Waals surface area contributed by atoms with Gasteiger partial charge in [0.05, 0.1) is 5.52 Å². The predicted molar refractivity (Wildman–Crippen MR) is 111 cm³/mol. The molecule has 140 valence electrons. The van der Waals surface area contributed by atoms with Gasteiger partial charge in [-0.1, -0.05) is 36.4 Å². The maximum absolute atomic E-state index is 12.4. The van der Waals surface area contributed by atoms with Gasteiger partial charge in [-0.05, 0) is 60.4 Å². The van der Waals surface area contributed by atoms with E-state index in [1.807, 2.05) is 48.5 Å². The van der Waals surface area contributed by atoms with Crippen molar-refractivity contribution >= 4 is 16.8 Å². The molecule has 0 spiro atoms. The van der Waals surface area contributed by atoms with Gasteiger partial charge in [0.25, 0.3) is 5.91 Å². The quantitative estimate of drug-likeness (QED) is 0.677. The Balaban J connectivity index is 1.32. The smallest absolute Gasteiger partial charge is 0.251 e. The molecule has 28 heavy (non-hydrogen) atoms. The molecule has 1 aromatic heterocycles. The molecule has 0 atom stereocenters. The van der Waals surface area contributed by atoms with E-state index in [0.717, 1.165) is 35.1 Å². The SMILES string of the molecule is O=C(NCc1ccc(OCC2=CCCC=C2)cc1)c1ccc2ncccc2c1. The topological polar surface area (TPSA) is 51.2 Å². The van der Waals surface area contributed by atoms with E-state index in [1.165, 1.54) is 5.57 Å². The minimum absolute atomic E-state index is 0.0953. The Bertz CT molecular complexity index is 1040. The molecule has 4 heteroatoms. The lowest BCUT2D eigenvalue weighted by Crippen LogP contribution is -2.22. The van der Waals surface area contributed by atoms with Crippen LogP contribution in [-0.2, 0) is 6.54 Å². The maximum Gasteiger partial charge on any atom is 0.251 e. The van der Waals surface area contributed by atoms with E-state index in [1.54, 1.807) is 12.3 Å². The summed E-state index contributed by atoms with van der Waals surface area (Å²) < 4.78 is 5.82. The summed E-state index contributed by atoms with van der Waals surface area (Å²) in [4.78, 5) is 16.7. The number of allylic oxidation sites excluding steroid dienone is 2. The van der Waals surface area contributed by atoms with E-state index >= 15 is 0 Å². The first-order valence-corrected chi connectivity index (χ1v) is 9.48. The Labute approximate surface area is 164 Å². The van der Waals surface area contributed by atoms with Crippen LogP contribution in [0.15, 0.2) is 84.6 Å². The molecule has 1 aliphatic rings. The van der Waals surface area contributed by atoms with E-state index < -0.39 is 0 Å². The van der Waals surface area contributed by atoms with E-state index in [0.29, 0.717) is 18.7 Å². The Morgan fingerprint density at radius 3 is 2.79 bits per heavy atom. The lowest BCUT2D eigenvalue weighted by molar-refractivity contribution is 0.0951. The molecule has 0 aliphatic heterocycles. The van der Waals surface area contributed by atoms with E-state index in [2.05, 4.69) is 28.5 Å². The zero-order chi connectivity index (χ0) is 19.2. The molecule has 0 saturated heterocycles. The zero-order valence-corrected chi connectivity index (χ0v) is 15.6. The van der Waals surface area contributed by atoms with Gasteiger partial charge in [-0.2, -0.15) is 0 Å². The van der Waals surface area contributed by atoms with Crippen LogP contribution in [0.5, 0.6) is 5.75 Å². The van der Waals surface area contributed by atoms with Gasteiger partial charge in [0.15, 0.2) is 0 Å². The summed E-state index contributed by atoms with van der Waals surface area (Å²) in [5, 5.41) is 3.92. The van der Waals surface area contributed by atoms with Crippen molar-refractivity contribution in [3.05, 3.63) is 95.7 Å². The average Bonchev–Trinajstić information content (AvgIpc) is 2.77. The van der Waals surface area contributed by atoms with Crippen molar-refractivity contribution in [1.29, 1.82) is 0 Å². The highest BCUT2D eigenvalue weighted by atomic mass is 16.5. The summed E-state index contributed by atoms with van der Waals surface area (Å²) in [6.07, 6.45) is 10.5. The van der Waals surface area contributed by atoms with Crippen LogP contribution in [0.25, 0.3) is 10.9 Å². The lowest BCUT2D eigenvalue weighted by atomic mass is 10.1. The van der Waals surface area contributed by atoms with E-state index in [4.69, 9.17) is 4.74 Å². The molecule has 0 fully saturated rings. The summed E-state index contributed by atoms with van der Waals surface area (Å²) in [5.74, 6) is 0.735. The molecule has 1 aliphatic carbocycles. The molecule has 4 rings (SSSR count). The van der Waals surface area contributed by atoms with Crippen molar-refractivity contribution in [2.75, 3.05) is 6.61 Å². The van der Waals surface area contributed by atoms with Crippen LogP contribution in [0.4, 0.5) is 0 Å². The summed E-state index contributed by atoms with van der Waals surface area (Å²) in [6, 6.07) is 17.2. The second-order valence-corrected chi connectivity index (χ2v) is 6.78. The number of amides is 1. The van der Waals surface area contributed by atoms with Gasteiger partial charge in [-0.3, -0.25) is 9.78 Å². The number of pyridine rings is 1. The van der Waals surface area contributed by atoms with E-state index in [-0.39, 0.29) is 5.91 Å². The minimum Gasteiger partial charge on any atom is -0.489 e. The fourth-order valence-corrected chi connectivity index (χ4v) is 3.15. The number of carbonyl (C=O) groups excluding carboxylic acids is 1. The molecule has 0 bridgehead atoms. The van der Waals surface area contributed by atoms with Crippen molar-refractivity contribution in [3.63, 3.8) is 0 Å². The monoisotopic (exact) mass is 370 g/mol. The van der Waals surface area contributed by atoms with Crippen LogP contribution < -0.4 is 10.1 Å². The third-order valence-electron chi connectivity index (χ3n) is 4.72. The highest BCUT2D eigenvalue weighted by molar-refractivity contribution is 5.97. The summed E-state index contributed by atoms with van der Waals surface area (Å²) in [5.41, 5.74) is 3.76. The molecule has 0 unspecified atom stereocenters. The standard InChI is InChI=1S/C24H22N2O2/c27-24(21-10-13-23-20(15-21)7-4-14-25-23)26-16-18-8-11-22(12-9-18)28-17-19-5-2-1-3-6-19/h2,4-15H,1,3,16-17H2,(H,26,27). The number of ether oxygens (including phenoxy) is 1. The first kappa shape index (κ1) is 18.0. The van der Waals surface area contributed by atoms with Crippen LogP contribution in [0.1, 0.15) is 28.8 Å². The van der Waals surface area contributed by atoms with Crippen molar-refractivity contribution in [2.24, 2.45) is 0 Å². The van der Waals surface area contributed by atoms with Crippen LogP contribution in [-0.4, -0.2) is 17.5 Å². The molecule has 1 heterocycles. The van der Waals surface area contributed by atoms with Crippen LogP contribution in [0.2, 0.25) is 0 Å². The number of nitrogens with zero attached hydrogens (tertiary/aromatic N) is 1. The van der Waals surface area contributed by atoms with Gasteiger partial charge in [0.2, 0.25) is 0 Å². The molecule has 0 radical (unpaired) electrons. The summed E-state index contributed by atoms with van der Waals surface area (Å²) >= 11 is 0. The molecule has 1 N–H and O–H groups in total. The van der Waals surface area contributed by atoms with Gasteiger partial charge in [-0.15, -0.1) is 0 Å². The zero-order valence-electron chi connectivity index (χ0n) is 15.6. The first-order chi connectivity index (χ1) is 13.8. The number of rotatable bonds is 6. The molecular weight excluding hydrogens is 348 g/mol. The number of nitrogens with one attached hydrogen (secondary N) is 1. The van der Waals surface area contributed by atoms with Crippen molar-refractivity contribution in [2.45, 2.75) is 19.4 Å². The molecule has 1 amide bonds. The number of carbonyl (C=O) groups is 1. The largest absolute Gasteiger partial charge is 0.489 e. The fraction of sp³-hybridized carbons (Fsp3) is 0.167. The van der Waals surface area contributed by atoms with Crippen molar-refractivity contribution in [1.82, 2.24) is 10.3 Å². The number of fused-ring (bicyclic) bond motifs is 1. The molecule has 0 saturated carbocycles.